The van der Waals surface area contributed by atoms with E-state index in [1.807, 2.05) is 12.1 Å². The summed E-state index contributed by atoms with van der Waals surface area (Å²) in [6.45, 7) is 6.22. The van der Waals surface area contributed by atoms with Gasteiger partial charge in [-0.05, 0) is 83.3 Å². The molecule has 0 aromatic heterocycles. The summed E-state index contributed by atoms with van der Waals surface area (Å²) in [5.41, 5.74) is 21.8. The van der Waals surface area contributed by atoms with Gasteiger partial charge in [-0.2, -0.15) is 0 Å². The smallest absolute Gasteiger partial charge is 0.124 e. The van der Waals surface area contributed by atoms with Crippen LogP contribution in [-0.2, 0) is 25.9 Å². The van der Waals surface area contributed by atoms with Crippen molar-refractivity contribution in [3.05, 3.63) is 107 Å². The molecule has 0 atom stereocenters. The SMILES string of the molecule is CCCCCCCCCc1ccc(-c2ccc(OCCOc3ccc(-c4ccc(CCCCCCCCC)cc4)cc3CN)c(CN)c2)cc1. The summed E-state index contributed by atoms with van der Waals surface area (Å²) >= 11 is 0. The minimum Gasteiger partial charge on any atom is -0.490 e. The molecule has 0 aliphatic rings. The molecule has 4 heteroatoms. The van der Waals surface area contributed by atoms with Gasteiger partial charge in [-0.3, -0.25) is 0 Å². The average Bonchev–Trinajstić information content (AvgIpc) is 3.16. The molecule has 4 aromatic carbocycles. The van der Waals surface area contributed by atoms with Crippen molar-refractivity contribution >= 4 is 0 Å². The third kappa shape index (κ3) is 13.3. The fourth-order valence-electron chi connectivity index (χ4n) is 6.72. The van der Waals surface area contributed by atoms with Crippen LogP contribution in [0.25, 0.3) is 22.3 Å². The first-order valence-corrected chi connectivity index (χ1v) is 19.7. The van der Waals surface area contributed by atoms with Gasteiger partial charge in [-0.25, -0.2) is 0 Å². The molecule has 4 nitrogen and oxygen atoms in total. The van der Waals surface area contributed by atoms with Crippen LogP contribution in [0.15, 0.2) is 84.9 Å². The number of hydrogen-bond donors (Lipinski definition) is 2. The van der Waals surface area contributed by atoms with Gasteiger partial charge >= 0.3 is 0 Å². The van der Waals surface area contributed by atoms with E-state index < -0.39 is 0 Å². The Morgan fingerprint density at radius 2 is 0.740 bits per heavy atom. The summed E-state index contributed by atoms with van der Waals surface area (Å²) in [6, 6.07) is 30.6. The van der Waals surface area contributed by atoms with E-state index in [1.54, 1.807) is 0 Å². The van der Waals surface area contributed by atoms with Crippen LogP contribution >= 0.6 is 0 Å². The van der Waals surface area contributed by atoms with Gasteiger partial charge in [0, 0.05) is 24.2 Å². The predicted octanol–water partition coefficient (Wildman–Crippen LogP) is 12.0. The van der Waals surface area contributed by atoms with E-state index in [0.29, 0.717) is 26.3 Å². The van der Waals surface area contributed by atoms with Crippen molar-refractivity contribution in [2.45, 2.75) is 130 Å². The molecule has 0 unspecified atom stereocenters. The summed E-state index contributed by atoms with van der Waals surface area (Å²) in [5.74, 6) is 1.61. The monoisotopic (exact) mass is 676 g/mol. The quantitative estimate of drug-likeness (QED) is 0.0685. The maximum atomic E-state index is 6.15. The number of unbranched alkanes of at least 4 members (excludes halogenated alkanes) is 12. The van der Waals surface area contributed by atoms with E-state index in [0.717, 1.165) is 46.6 Å². The largest absolute Gasteiger partial charge is 0.490 e. The Labute approximate surface area is 304 Å². The van der Waals surface area contributed by atoms with Gasteiger partial charge in [-0.15, -0.1) is 0 Å². The molecule has 0 bridgehead atoms. The first-order chi connectivity index (χ1) is 24.6. The third-order valence-electron chi connectivity index (χ3n) is 9.87. The van der Waals surface area contributed by atoms with E-state index >= 15 is 0 Å². The first kappa shape index (κ1) is 39.2. The lowest BCUT2D eigenvalue weighted by molar-refractivity contribution is 0.215. The Balaban J connectivity index is 1.22. The van der Waals surface area contributed by atoms with E-state index in [2.05, 4.69) is 86.6 Å². The van der Waals surface area contributed by atoms with Gasteiger partial charge < -0.3 is 20.9 Å². The number of benzene rings is 4. The Kier molecular flexibility index (Phi) is 18.0. The minimum atomic E-state index is 0.416. The normalized spacial score (nSPS) is 11.2. The van der Waals surface area contributed by atoms with E-state index in [4.69, 9.17) is 20.9 Å². The standard InChI is InChI=1S/C46H64N2O2/c1-3-5-7-9-11-13-15-17-37-19-23-39(24-20-37)41-27-29-45(43(33-41)35-47)49-31-32-50-46-30-28-42(34-44(46)36-48)40-25-21-38(22-26-40)18-16-14-12-10-8-6-4-2/h19-30,33-34H,3-18,31-32,35-36,47-48H2,1-2H3. The van der Waals surface area contributed by atoms with Crippen LogP contribution in [0.5, 0.6) is 11.5 Å². The summed E-state index contributed by atoms with van der Waals surface area (Å²) in [7, 11) is 0. The summed E-state index contributed by atoms with van der Waals surface area (Å²) in [5, 5.41) is 0. The van der Waals surface area contributed by atoms with Crippen molar-refractivity contribution in [1.29, 1.82) is 0 Å². The molecule has 0 aliphatic heterocycles. The molecule has 0 saturated heterocycles. The molecular formula is C46H64N2O2. The fourth-order valence-corrected chi connectivity index (χ4v) is 6.72. The Hall–Kier alpha value is -3.60. The molecule has 0 fully saturated rings. The zero-order valence-corrected chi connectivity index (χ0v) is 31.2. The van der Waals surface area contributed by atoms with Crippen molar-refractivity contribution in [2.75, 3.05) is 13.2 Å². The van der Waals surface area contributed by atoms with Gasteiger partial charge in [-0.1, -0.05) is 152 Å². The molecule has 0 spiro atoms. The highest BCUT2D eigenvalue weighted by molar-refractivity contribution is 5.67. The van der Waals surface area contributed by atoms with Crippen molar-refractivity contribution < 1.29 is 9.47 Å². The first-order valence-electron chi connectivity index (χ1n) is 19.7. The lowest BCUT2D eigenvalue weighted by atomic mass is 9.99. The number of aryl methyl sites for hydroxylation is 2. The highest BCUT2D eigenvalue weighted by atomic mass is 16.5. The Bertz CT molecular complexity index is 1380. The summed E-state index contributed by atoms with van der Waals surface area (Å²) in [4.78, 5) is 0. The van der Waals surface area contributed by atoms with Crippen LogP contribution < -0.4 is 20.9 Å². The topological polar surface area (TPSA) is 70.5 Å². The highest BCUT2D eigenvalue weighted by Gasteiger charge is 2.09. The molecule has 0 saturated carbocycles. The maximum absolute atomic E-state index is 6.15. The molecule has 0 heterocycles. The Morgan fingerprint density at radius 3 is 1.10 bits per heavy atom. The van der Waals surface area contributed by atoms with Crippen molar-refractivity contribution in [1.82, 2.24) is 0 Å². The molecule has 0 aliphatic carbocycles. The van der Waals surface area contributed by atoms with Crippen LogP contribution in [0, 0.1) is 0 Å². The summed E-state index contributed by atoms with van der Waals surface area (Å²) < 4.78 is 12.3. The molecule has 50 heavy (non-hydrogen) atoms. The molecular weight excluding hydrogens is 613 g/mol. The van der Waals surface area contributed by atoms with Gasteiger partial charge in [0.25, 0.3) is 0 Å². The lowest BCUT2D eigenvalue weighted by Gasteiger charge is -2.15. The zero-order valence-electron chi connectivity index (χ0n) is 31.2. The predicted molar refractivity (Wildman–Crippen MR) is 214 cm³/mol. The van der Waals surface area contributed by atoms with Crippen LogP contribution in [-0.4, -0.2) is 13.2 Å². The average molecular weight is 677 g/mol. The number of rotatable bonds is 25. The van der Waals surface area contributed by atoms with Crippen LogP contribution in [0.3, 0.4) is 0 Å². The Morgan fingerprint density at radius 1 is 0.400 bits per heavy atom. The van der Waals surface area contributed by atoms with Crippen LogP contribution in [0.4, 0.5) is 0 Å². The van der Waals surface area contributed by atoms with Crippen LogP contribution in [0.1, 0.15) is 126 Å². The van der Waals surface area contributed by atoms with Crippen molar-refractivity contribution in [2.24, 2.45) is 11.5 Å². The number of ether oxygens (including phenoxy) is 2. The van der Waals surface area contributed by atoms with E-state index in [-0.39, 0.29) is 0 Å². The molecule has 4 aromatic rings. The fraction of sp³-hybridized carbons (Fsp3) is 0.478. The number of hydrogen-bond acceptors (Lipinski definition) is 4. The lowest BCUT2D eigenvalue weighted by Crippen LogP contribution is -2.12. The van der Waals surface area contributed by atoms with E-state index in [1.165, 1.54) is 112 Å². The summed E-state index contributed by atoms with van der Waals surface area (Å²) in [6.07, 6.45) is 21.1. The minimum absolute atomic E-state index is 0.416. The van der Waals surface area contributed by atoms with Crippen molar-refractivity contribution in [3.63, 3.8) is 0 Å². The van der Waals surface area contributed by atoms with Gasteiger partial charge in [0.05, 0.1) is 0 Å². The maximum Gasteiger partial charge on any atom is 0.124 e. The number of nitrogens with two attached hydrogens (primary N) is 2. The highest BCUT2D eigenvalue weighted by Crippen LogP contribution is 2.29. The molecule has 0 radical (unpaired) electrons. The van der Waals surface area contributed by atoms with Gasteiger partial charge in [0.1, 0.15) is 24.7 Å². The second-order valence-electron chi connectivity index (χ2n) is 13.9. The van der Waals surface area contributed by atoms with Gasteiger partial charge in [0.15, 0.2) is 0 Å². The molecule has 0 amide bonds. The van der Waals surface area contributed by atoms with Crippen LogP contribution in [0.2, 0.25) is 0 Å². The zero-order chi connectivity index (χ0) is 35.2. The van der Waals surface area contributed by atoms with E-state index in [9.17, 15) is 0 Å². The molecule has 270 valence electrons. The van der Waals surface area contributed by atoms with Crippen molar-refractivity contribution in [3.8, 4) is 33.8 Å². The third-order valence-corrected chi connectivity index (χ3v) is 9.87. The molecule has 4 N–H and O–H groups in total. The second-order valence-corrected chi connectivity index (χ2v) is 13.9. The van der Waals surface area contributed by atoms with Gasteiger partial charge in [0.2, 0.25) is 0 Å². The molecule has 4 rings (SSSR count). The second kappa shape index (κ2) is 23.0.